The van der Waals surface area contributed by atoms with Crippen LogP contribution in [-0.4, -0.2) is 20.7 Å². The Kier molecular flexibility index (Phi) is 2.50. The molecule has 6 nitrogen and oxygen atoms in total. The summed E-state index contributed by atoms with van der Waals surface area (Å²) in [6, 6.07) is 0.0515. The maximum atomic E-state index is 11.3. The molecule has 13 heavy (non-hydrogen) atoms. The third-order valence-electron chi connectivity index (χ3n) is 1.61. The van der Waals surface area contributed by atoms with E-state index in [1.165, 1.54) is 18.7 Å². The lowest BCUT2D eigenvalue weighted by Gasteiger charge is -2.06. The Hall–Kier alpha value is -1.59. The summed E-state index contributed by atoms with van der Waals surface area (Å²) in [6.45, 7) is 2.12. The summed E-state index contributed by atoms with van der Waals surface area (Å²) < 4.78 is 7.10. The average molecular weight is 185 g/mol. The van der Waals surface area contributed by atoms with Crippen LogP contribution in [0.25, 0.3) is 0 Å². The maximum Gasteiger partial charge on any atom is 0.356 e. The van der Waals surface area contributed by atoms with E-state index < -0.39 is 11.4 Å². The van der Waals surface area contributed by atoms with Crippen molar-refractivity contribution in [3.8, 4) is 6.01 Å². The largest absolute Gasteiger partial charge is 0.465 e. The zero-order chi connectivity index (χ0) is 10.0. The van der Waals surface area contributed by atoms with Gasteiger partial charge in [0.1, 0.15) is 0 Å². The molecule has 0 aliphatic rings. The van der Waals surface area contributed by atoms with Crippen molar-refractivity contribution in [1.29, 1.82) is 0 Å². The lowest BCUT2D eigenvalue weighted by molar-refractivity contribution is 0.288. The summed E-state index contributed by atoms with van der Waals surface area (Å²) in [5, 5.41) is 0. The molecular weight excluding hydrogens is 174 g/mol. The van der Waals surface area contributed by atoms with Crippen molar-refractivity contribution < 1.29 is 4.74 Å². The number of rotatable bonds is 2. The van der Waals surface area contributed by atoms with Crippen molar-refractivity contribution in [3.63, 3.8) is 0 Å². The lowest BCUT2D eigenvalue weighted by atomic mass is 10.8. The maximum absolute atomic E-state index is 11.3. The molecule has 0 N–H and O–H groups in total. The first kappa shape index (κ1) is 9.50. The zero-order valence-electron chi connectivity index (χ0n) is 7.77. The van der Waals surface area contributed by atoms with Gasteiger partial charge in [0.15, 0.2) is 0 Å². The normalized spacial score (nSPS) is 10.1. The standard InChI is InChI=1S/C7H11N3O3/c1-4-13-6-8-5(11)9(2)7(12)10(6)3/h4H2,1-3H3. The van der Waals surface area contributed by atoms with Crippen molar-refractivity contribution >= 4 is 0 Å². The summed E-state index contributed by atoms with van der Waals surface area (Å²) >= 11 is 0. The van der Waals surface area contributed by atoms with Gasteiger partial charge >= 0.3 is 17.4 Å². The van der Waals surface area contributed by atoms with Crippen LogP contribution in [0.1, 0.15) is 6.92 Å². The van der Waals surface area contributed by atoms with Crippen molar-refractivity contribution in [2.24, 2.45) is 14.1 Å². The molecule has 0 amide bonds. The monoisotopic (exact) mass is 185 g/mol. The Morgan fingerprint density at radius 3 is 2.46 bits per heavy atom. The number of aromatic nitrogens is 3. The molecule has 72 valence electrons. The molecule has 0 radical (unpaired) electrons. The summed E-state index contributed by atoms with van der Waals surface area (Å²) in [5.41, 5.74) is -1.05. The van der Waals surface area contributed by atoms with Crippen LogP contribution < -0.4 is 16.1 Å². The second-order valence-corrected chi connectivity index (χ2v) is 2.51. The van der Waals surface area contributed by atoms with Gasteiger partial charge < -0.3 is 4.74 Å². The van der Waals surface area contributed by atoms with E-state index in [9.17, 15) is 9.59 Å². The molecule has 0 atom stereocenters. The third-order valence-corrected chi connectivity index (χ3v) is 1.61. The molecule has 0 aliphatic carbocycles. The molecule has 0 aromatic carbocycles. The molecule has 6 heteroatoms. The minimum atomic E-state index is -0.605. The van der Waals surface area contributed by atoms with Gasteiger partial charge in [-0.2, -0.15) is 0 Å². The van der Waals surface area contributed by atoms with Gasteiger partial charge in [0, 0.05) is 14.1 Å². The first-order chi connectivity index (χ1) is 6.07. The van der Waals surface area contributed by atoms with E-state index in [2.05, 4.69) is 4.98 Å². The predicted octanol–water partition coefficient (Wildman–Crippen LogP) is -1.12. The Morgan fingerprint density at radius 2 is 1.92 bits per heavy atom. The van der Waals surface area contributed by atoms with E-state index in [1.807, 2.05) is 0 Å². The van der Waals surface area contributed by atoms with Crippen LogP contribution >= 0.6 is 0 Å². The van der Waals surface area contributed by atoms with Crippen molar-refractivity contribution in [2.75, 3.05) is 6.61 Å². The van der Waals surface area contributed by atoms with Crippen molar-refractivity contribution in [3.05, 3.63) is 21.0 Å². The van der Waals surface area contributed by atoms with E-state index in [1.54, 1.807) is 6.92 Å². The van der Waals surface area contributed by atoms with E-state index in [4.69, 9.17) is 4.74 Å². The number of hydrogen-bond donors (Lipinski definition) is 0. The number of ether oxygens (including phenoxy) is 1. The van der Waals surface area contributed by atoms with E-state index in [-0.39, 0.29) is 6.01 Å². The molecule has 1 rings (SSSR count). The highest BCUT2D eigenvalue weighted by atomic mass is 16.5. The molecule has 1 heterocycles. The third kappa shape index (κ3) is 1.61. The van der Waals surface area contributed by atoms with E-state index >= 15 is 0 Å². The highest BCUT2D eigenvalue weighted by Gasteiger charge is 2.06. The Morgan fingerprint density at radius 1 is 1.31 bits per heavy atom. The predicted molar refractivity (Wildman–Crippen MR) is 45.9 cm³/mol. The Labute approximate surface area is 74.4 Å². The van der Waals surface area contributed by atoms with Gasteiger partial charge in [0.25, 0.3) is 0 Å². The van der Waals surface area contributed by atoms with Gasteiger partial charge in [-0.3, -0.25) is 4.57 Å². The number of hydrogen-bond acceptors (Lipinski definition) is 4. The lowest BCUT2D eigenvalue weighted by Crippen LogP contribution is -2.39. The summed E-state index contributed by atoms with van der Waals surface area (Å²) in [6.07, 6.45) is 0. The summed E-state index contributed by atoms with van der Waals surface area (Å²) in [4.78, 5) is 25.9. The van der Waals surface area contributed by atoms with Gasteiger partial charge in [0.2, 0.25) is 0 Å². The van der Waals surface area contributed by atoms with E-state index in [0.29, 0.717) is 6.61 Å². The van der Waals surface area contributed by atoms with Crippen molar-refractivity contribution in [2.45, 2.75) is 6.92 Å². The fourth-order valence-corrected chi connectivity index (χ4v) is 0.879. The first-order valence-corrected chi connectivity index (χ1v) is 3.84. The molecular formula is C7H11N3O3. The summed E-state index contributed by atoms with van der Waals surface area (Å²) in [5.74, 6) is 0. The second kappa shape index (κ2) is 3.42. The van der Waals surface area contributed by atoms with Crippen LogP contribution in [-0.2, 0) is 14.1 Å². The molecule has 0 saturated heterocycles. The molecule has 0 bridgehead atoms. The first-order valence-electron chi connectivity index (χ1n) is 3.84. The van der Waals surface area contributed by atoms with Gasteiger partial charge in [-0.1, -0.05) is 0 Å². The molecule has 0 unspecified atom stereocenters. The van der Waals surface area contributed by atoms with Crippen molar-refractivity contribution in [1.82, 2.24) is 14.1 Å². The topological polar surface area (TPSA) is 66.1 Å². The molecule has 0 aliphatic heterocycles. The quantitative estimate of drug-likeness (QED) is 0.585. The van der Waals surface area contributed by atoms with Gasteiger partial charge in [-0.25, -0.2) is 14.2 Å². The van der Waals surface area contributed by atoms with Crippen LogP contribution in [0.15, 0.2) is 9.59 Å². The molecule has 0 spiro atoms. The molecule has 0 fully saturated rings. The minimum absolute atomic E-state index is 0.0515. The average Bonchev–Trinajstić information content (AvgIpc) is 2.11. The van der Waals surface area contributed by atoms with Gasteiger partial charge in [0.05, 0.1) is 6.61 Å². The fourth-order valence-electron chi connectivity index (χ4n) is 0.879. The van der Waals surface area contributed by atoms with Crippen LogP contribution in [0.5, 0.6) is 6.01 Å². The van der Waals surface area contributed by atoms with Crippen LogP contribution in [0, 0.1) is 0 Å². The van der Waals surface area contributed by atoms with Crippen LogP contribution in [0.2, 0.25) is 0 Å². The van der Waals surface area contributed by atoms with Gasteiger partial charge in [-0.15, -0.1) is 4.98 Å². The van der Waals surface area contributed by atoms with E-state index in [0.717, 1.165) is 4.57 Å². The number of nitrogens with zero attached hydrogens (tertiary/aromatic N) is 3. The SMILES string of the molecule is CCOc1nc(=O)n(C)c(=O)n1C. The highest BCUT2D eigenvalue weighted by molar-refractivity contribution is 4.92. The second-order valence-electron chi connectivity index (χ2n) is 2.51. The minimum Gasteiger partial charge on any atom is -0.465 e. The Balaban J connectivity index is 3.41. The molecule has 1 aromatic heterocycles. The fraction of sp³-hybridized carbons (Fsp3) is 0.571. The van der Waals surface area contributed by atoms with Crippen LogP contribution in [0.4, 0.5) is 0 Å². The Bertz CT molecular complexity index is 418. The highest BCUT2D eigenvalue weighted by Crippen LogP contribution is 1.95. The van der Waals surface area contributed by atoms with Gasteiger partial charge in [-0.05, 0) is 6.92 Å². The summed E-state index contributed by atoms with van der Waals surface area (Å²) in [7, 11) is 2.87. The molecule has 0 saturated carbocycles. The molecule has 1 aromatic rings. The zero-order valence-corrected chi connectivity index (χ0v) is 7.77. The smallest absolute Gasteiger partial charge is 0.356 e. The van der Waals surface area contributed by atoms with Crippen LogP contribution in [0.3, 0.4) is 0 Å².